The van der Waals surface area contributed by atoms with Gasteiger partial charge in [0.25, 0.3) is 0 Å². The molecule has 1 aromatic carbocycles. The van der Waals surface area contributed by atoms with Gasteiger partial charge in [-0.3, -0.25) is 4.79 Å². The summed E-state index contributed by atoms with van der Waals surface area (Å²) in [5, 5.41) is 0. The molecule has 6 aliphatic carbocycles. The Morgan fingerprint density at radius 2 is 1.68 bits per heavy atom. The minimum atomic E-state index is -0.0447. The van der Waals surface area contributed by atoms with Gasteiger partial charge in [-0.2, -0.15) is 0 Å². The Labute approximate surface area is 169 Å². The number of rotatable bonds is 3. The van der Waals surface area contributed by atoms with Crippen molar-refractivity contribution in [3.8, 4) is 0 Å². The zero-order valence-electron chi connectivity index (χ0n) is 17.3. The normalized spacial score (nSPS) is 51.4. The quantitative estimate of drug-likeness (QED) is 0.782. The third-order valence-corrected chi connectivity index (χ3v) is 9.69. The SMILES string of the molecule is C[C@]12CC3CC(C(=O)C4C5CCC4CC(N)C5)(C1)C[C@@](c1ccccc1)(C3)C2. The second kappa shape index (κ2) is 5.72. The van der Waals surface area contributed by atoms with Crippen molar-refractivity contribution in [3.05, 3.63) is 35.9 Å². The van der Waals surface area contributed by atoms with Crippen molar-refractivity contribution >= 4 is 5.78 Å². The van der Waals surface area contributed by atoms with Crippen LogP contribution in [0.5, 0.6) is 0 Å². The standard InChI is InChI=1S/C26H35NO/c1-24-11-17-12-25(14-24,20-5-3-2-4-6-20)16-26(13-17,15-24)23(28)22-18-7-8-19(22)10-21(27)9-18/h2-6,17-19,21-22H,7-16,27H2,1H3/t17?,18?,19?,21?,22?,24-,25-,26?/m1/s1. The molecule has 0 aliphatic heterocycles. The molecule has 2 nitrogen and oxygen atoms in total. The molecule has 0 heterocycles. The van der Waals surface area contributed by atoms with Crippen molar-refractivity contribution in [2.24, 2.45) is 40.2 Å². The third kappa shape index (κ3) is 2.39. The van der Waals surface area contributed by atoms with Crippen molar-refractivity contribution in [3.63, 3.8) is 0 Å². The fourth-order valence-electron chi connectivity index (χ4n) is 9.67. The van der Waals surface area contributed by atoms with Gasteiger partial charge in [-0.1, -0.05) is 37.3 Å². The Morgan fingerprint density at radius 1 is 0.964 bits per heavy atom. The Hall–Kier alpha value is -1.15. The highest BCUT2D eigenvalue weighted by Crippen LogP contribution is 2.71. The number of ketones is 1. The van der Waals surface area contributed by atoms with Crippen LogP contribution in [0.15, 0.2) is 30.3 Å². The summed E-state index contributed by atoms with van der Waals surface area (Å²) in [6.45, 7) is 2.50. The summed E-state index contributed by atoms with van der Waals surface area (Å²) in [6.07, 6.45) is 12.1. The highest BCUT2D eigenvalue weighted by molar-refractivity contribution is 5.89. The van der Waals surface area contributed by atoms with E-state index in [0.717, 1.165) is 31.6 Å². The van der Waals surface area contributed by atoms with E-state index in [2.05, 4.69) is 37.3 Å². The third-order valence-electron chi connectivity index (χ3n) is 9.69. The second-order valence-corrected chi connectivity index (χ2v) is 12.0. The van der Waals surface area contributed by atoms with E-state index in [4.69, 9.17) is 5.73 Å². The van der Waals surface area contributed by atoms with Crippen LogP contribution in [0.3, 0.4) is 0 Å². The lowest BCUT2D eigenvalue weighted by Gasteiger charge is -2.66. The van der Waals surface area contributed by atoms with Gasteiger partial charge in [0.2, 0.25) is 0 Å². The molecular weight excluding hydrogens is 342 g/mol. The van der Waals surface area contributed by atoms with Gasteiger partial charge in [-0.15, -0.1) is 0 Å². The van der Waals surface area contributed by atoms with Crippen LogP contribution in [0.25, 0.3) is 0 Å². The van der Waals surface area contributed by atoms with Gasteiger partial charge < -0.3 is 5.73 Å². The maximum Gasteiger partial charge on any atom is 0.142 e. The van der Waals surface area contributed by atoms with Crippen LogP contribution in [-0.2, 0) is 10.2 Å². The monoisotopic (exact) mass is 377 g/mol. The zero-order chi connectivity index (χ0) is 19.1. The molecule has 6 aliphatic rings. The van der Waals surface area contributed by atoms with Crippen molar-refractivity contribution < 1.29 is 4.79 Å². The molecule has 150 valence electrons. The van der Waals surface area contributed by atoms with E-state index in [9.17, 15) is 4.79 Å². The van der Waals surface area contributed by atoms with Crippen LogP contribution in [-0.4, -0.2) is 11.8 Å². The number of benzene rings is 1. The molecule has 0 aromatic heterocycles. The fourth-order valence-corrected chi connectivity index (χ4v) is 9.67. The maximum absolute atomic E-state index is 14.3. The lowest BCUT2D eigenvalue weighted by Crippen LogP contribution is -2.61. The summed E-state index contributed by atoms with van der Waals surface area (Å²) in [7, 11) is 0. The van der Waals surface area contributed by atoms with Crippen LogP contribution in [0.2, 0.25) is 0 Å². The Balaban J connectivity index is 1.39. The van der Waals surface area contributed by atoms with Gasteiger partial charge in [-0.05, 0) is 98.4 Å². The topological polar surface area (TPSA) is 43.1 Å². The number of hydrogen-bond acceptors (Lipinski definition) is 2. The second-order valence-electron chi connectivity index (χ2n) is 12.0. The minimum Gasteiger partial charge on any atom is -0.328 e. The number of carbonyl (C=O) groups is 1. The molecule has 6 fully saturated rings. The zero-order valence-corrected chi connectivity index (χ0v) is 17.3. The van der Waals surface area contributed by atoms with Gasteiger partial charge in [0.05, 0.1) is 0 Å². The largest absolute Gasteiger partial charge is 0.328 e. The summed E-state index contributed by atoms with van der Waals surface area (Å²) < 4.78 is 0. The van der Waals surface area contributed by atoms with Crippen LogP contribution in [0.4, 0.5) is 0 Å². The van der Waals surface area contributed by atoms with Crippen molar-refractivity contribution in [2.45, 2.75) is 82.6 Å². The Kier molecular flexibility index (Phi) is 3.61. The molecule has 0 saturated heterocycles. The van der Waals surface area contributed by atoms with E-state index in [1.54, 1.807) is 0 Å². The van der Waals surface area contributed by atoms with E-state index < -0.39 is 0 Å². The number of hydrogen-bond donors (Lipinski definition) is 1. The molecule has 2 heteroatoms. The van der Waals surface area contributed by atoms with E-state index in [0.29, 0.717) is 35.0 Å². The van der Waals surface area contributed by atoms with E-state index in [1.807, 2.05) is 0 Å². The molecule has 0 spiro atoms. The summed E-state index contributed by atoms with van der Waals surface area (Å²) in [5.74, 6) is 2.91. The van der Waals surface area contributed by atoms with Crippen molar-refractivity contribution in [1.82, 2.24) is 0 Å². The van der Waals surface area contributed by atoms with E-state index in [1.165, 1.54) is 44.1 Å². The molecule has 7 rings (SSSR count). The van der Waals surface area contributed by atoms with Gasteiger partial charge in [0.1, 0.15) is 5.78 Å². The summed E-state index contributed by atoms with van der Waals surface area (Å²) >= 11 is 0. The molecule has 6 bridgehead atoms. The smallest absolute Gasteiger partial charge is 0.142 e. The molecule has 4 unspecified atom stereocenters. The van der Waals surface area contributed by atoms with Gasteiger partial charge in [0.15, 0.2) is 0 Å². The predicted octanol–water partition coefficient (Wildman–Crippen LogP) is 5.25. The van der Waals surface area contributed by atoms with Gasteiger partial charge in [0, 0.05) is 17.4 Å². The summed E-state index contributed by atoms with van der Waals surface area (Å²) in [5.41, 5.74) is 8.40. The summed E-state index contributed by atoms with van der Waals surface area (Å²) in [6, 6.07) is 11.6. The first-order chi connectivity index (χ1) is 13.4. The molecular formula is C26H35NO. The van der Waals surface area contributed by atoms with Crippen molar-refractivity contribution in [1.29, 1.82) is 0 Å². The predicted molar refractivity (Wildman–Crippen MR) is 112 cm³/mol. The number of nitrogens with two attached hydrogens (primary N) is 1. The first-order valence-electron chi connectivity index (χ1n) is 11.8. The molecule has 2 N–H and O–H groups in total. The van der Waals surface area contributed by atoms with Crippen molar-refractivity contribution in [2.75, 3.05) is 0 Å². The van der Waals surface area contributed by atoms with Crippen LogP contribution in [0, 0.1) is 34.5 Å². The molecule has 6 saturated carbocycles. The molecule has 0 amide bonds. The Bertz CT molecular complexity index is 790. The van der Waals surface area contributed by atoms with E-state index >= 15 is 0 Å². The highest BCUT2D eigenvalue weighted by atomic mass is 16.1. The minimum absolute atomic E-state index is 0.0447. The molecule has 6 atom stereocenters. The number of Topliss-reactive ketones (excluding diaryl/α,β-unsaturated/α-hetero) is 1. The first-order valence-corrected chi connectivity index (χ1v) is 11.8. The highest BCUT2D eigenvalue weighted by Gasteiger charge is 2.66. The molecule has 28 heavy (non-hydrogen) atoms. The van der Waals surface area contributed by atoms with Gasteiger partial charge >= 0.3 is 0 Å². The Morgan fingerprint density at radius 3 is 2.36 bits per heavy atom. The average molecular weight is 378 g/mol. The molecule has 0 radical (unpaired) electrons. The number of carbonyl (C=O) groups excluding carboxylic acids is 1. The fraction of sp³-hybridized carbons (Fsp3) is 0.731. The first kappa shape index (κ1) is 17.7. The van der Waals surface area contributed by atoms with Crippen LogP contribution in [0.1, 0.15) is 76.7 Å². The lowest BCUT2D eigenvalue weighted by atomic mass is 9.37. The van der Waals surface area contributed by atoms with Gasteiger partial charge in [-0.25, -0.2) is 0 Å². The number of fused-ring (bicyclic) bond motifs is 2. The van der Waals surface area contributed by atoms with E-state index in [-0.39, 0.29) is 10.8 Å². The van der Waals surface area contributed by atoms with Crippen LogP contribution < -0.4 is 5.73 Å². The van der Waals surface area contributed by atoms with Crippen LogP contribution >= 0.6 is 0 Å². The molecule has 1 aromatic rings. The lowest BCUT2D eigenvalue weighted by molar-refractivity contribution is -0.165. The summed E-state index contributed by atoms with van der Waals surface area (Å²) in [4.78, 5) is 14.3. The maximum atomic E-state index is 14.3. The average Bonchev–Trinajstić information content (AvgIpc) is 2.91.